The van der Waals surface area contributed by atoms with E-state index in [1.165, 1.54) is 17.8 Å². The number of nitrogens with one attached hydrogen (secondary N) is 1. The van der Waals surface area contributed by atoms with Crippen LogP contribution in [0.25, 0.3) is 21.4 Å². The Hall–Kier alpha value is -3.58. The van der Waals surface area contributed by atoms with E-state index in [9.17, 15) is 9.59 Å². The van der Waals surface area contributed by atoms with Crippen LogP contribution in [-0.4, -0.2) is 33.1 Å². The summed E-state index contributed by atoms with van der Waals surface area (Å²) < 4.78 is 6.88. The first-order valence-electron chi connectivity index (χ1n) is 11.5. The third kappa shape index (κ3) is 4.43. The molecular weight excluding hydrogens is 446 g/mol. The highest BCUT2D eigenvalue weighted by molar-refractivity contribution is 7.17. The first kappa shape index (κ1) is 22.2. The molecule has 0 atom stereocenters. The molecule has 3 heterocycles. The van der Waals surface area contributed by atoms with Crippen LogP contribution in [-0.2, 0) is 0 Å². The standard InChI is InChI=1S/C27H27N3O3S/c1-29(2)21-12-8-19(9-13-21)27(32)28-20-10-6-18(7-11-20)22-17-34-26-23(31)16-24(33-25(22)26)30-14-4-3-5-15-30/h6-13,16-17H,3-5,14-15H2,1-2H3,(H,28,32). The topological polar surface area (TPSA) is 65.8 Å². The maximum atomic E-state index is 12.7. The Morgan fingerprint density at radius 1 is 1.00 bits per heavy atom. The highest BCUT2D eigenvalue weighted by Gasteiger charge is 2.18. The van der Waals surface area contributed by atoms with Gasteiger partial charge in [-0.2, -0.15) is 0 Å². The van der Waals surface area contributed by atoms with Crippen LogP contribution >= 0.6 is 11.3 Å². The van der Waals surface area contributed by atoms with Crippen molar-refractivity contribution in [2.45, 2.75) is 19.3 Å². The summed E-state index contributed by atoms with van der Waals surface area (Å²) in [5.74, 6) is 0.497. The van der Waals surface area contributed by atoms with Crippen LogP contribution < -0.4 is 20.5 Å². The van der Waals surface area contributed by atoms with Gasteiger partial charge in [0.2, 0.25) is 5.43 Å². The summed E-state index contributed by atoms with van der Waals surface area (Å²) in [6.07, 6.45) is 3.45. The van der Waals surface area contributed by atoms with Gasteiger partial charge in [0.1, 0.15) is 4.70 Å². The van der Waals surface area contributed by atoms with Gasteiger partial charge in [0.25, 0.3) is 5.91 Å². The van der Waals surface area contributed by atoms with Gasteiger partial charge >= 0.3 is 0 Å². The van der Waals surface area contributed by atoms with Crippen LogP contribution in [0.15, 0.2) is 69.2 Å². The zero-order valence-corrected chi connectivity index (χ0v) is 20.2. The third-order valence-corrected chi connectivity index (χ3v) is 7.17. The van der Waals surface area contributed by atoms with E-state index in [2.05, 4.69) is 10.2 Å². The largest absolute Gasteiger partial charge is 0.439 e. The summed E-state index contributed by atoms with van der Waals surface area (Å²) in [4.78, 5) is 29.5. The minimum atomic E-state index is -0.156. The van der Waals surface area contributed by atoms with Crippen molar-refractivity contribution >= 4 is 44.8 Å². The van der Waals surface area contributed by atoms with Gasteiger partial charge in [-0.05, 0) is 61.2 Å². The molecule has 0 saturated carbocycles. The van der Waals surface area contributed by atoms with Gasteiger partial charge < -0.3 is 19.5 Å². The Labute approximate surface area is 202 Å². The summed E-state index contributed by atoms with van der Waals surface area (Å²) in [5, 5.41) is 4.92. The minimum absolute atomic E-state index is 0.00208. The molecule has 5 rings (SSSR count). The Morgan fingerprint density at radius 3 is 2.38 bits per heavy atom. The summed E-state index contributed by atoms with van der Waals surface area (Å²) in [7, 11) is 3.93. The Kier molecular flexibility index (Phi) is 6.11. The Bertz CT molecular complexity index is 1370. The van der Waals surface area contributed by atoms with Gasteiger partial charge in [0.05, 0.1) is 0 Å². The normalized spacial score (nSPS) is 13.8. The molecule has 2 aromatic heterocycles. The summed E-state index contributed by atoms with van der Waals surface area (Å²) in [6, 6.07) is 16.7. The molecule has 0 bridgehead atoms. The molecule has 0 spiro atoms. The van der Waals surface area contributed by atoms with Crippen LogP contribution in [0.5, 0.6) is 0 Å². The highest BCUT2D eigenvalue weighted by atomic mass is 32.1. The average Bonchev–Trinajstić information content (AvgIpc) is 3.30. The maximum Gasteiger partial charge on any atom is 0.255 e. The van der Waals surface area contributed by atoms with E-state index in [0.717, 1.165) is 42.7 Å². The van der Waals surface area contributed by atoms with Gasteiger partial charge in [-0.15, -0.1) is 11.3 Å². The van der Waals surface area contributed by atoms with Crippen molar-refractivity contribution in [3.05, 3.63) is 75.8 Å². The van der Waals surface area contributed by atoms with Gasteiger partial charge in [-0.3, -0.25) is 9.59 Å². The molecule has 6 nitrogen and oxygen atoms in total. The molecule has 2 aromatic carbocycles. The van der Waals surface area contributed by atoms with Crippen molar-refractivity contribution in [2.24, 2.45) is 0 Å². The highest BCUT2D eigenvalue weighted by Crippen LogP contribution is 2.35. The van der Waals surface area contributed by atoms with Crippen molar-refractivity contribution in [1.29, 1.82) is 0 Å². The number of carbonyl (C=O) groups excluding carboxylic acids is 1. The molecule has 4 aromatic rings. The van der Waals surface area contributed by atoms with Gasteiger partial charge in [-0.25, -0.2) is 0 Å². The zero-order chi connectivity index (χ0) is 23.7. The number of thiophene rings is 1. The molecule has 0 unspecified atom stereocenters. The van der Waals surface area contributed by atoms with E-state index in [1.807, 2.05) is 72.9 Å². The van der Waals surface area contributed by atoms with Gasteiger partial charge in [-0.1, -0.05) is 12.1 Å². The summed E-state index contributed by atoms with van der Waals surface area (Å²) >= 11 is 1.41. The number of carbonyl (C=O) groups is 1. The predicted octanol–water partition coefficient (Wildman–Crippen LogP) is 5.83. The van der Waals surface area contributed by atoms with Crippen molar-refractivity contribution in [3.63, 3.8) is 0 Å². The Morgan fingerprint density at radius 2 is 1.71 bits per heavy atom. The number of nitrogens with zero attached hydrogens (tertiary/aromatic N) is 2. The smallest absolute Gasteiger partial charge is 0.255 e. The lowest BCUT2D eigenvalue weighted by atomic mass is 10.1. The van der Waals surface area contributed by atoms with Crippen LogP contribution in [0, 0.1) is 0 Å². The first-order valence-corrected chi connectivity index (χ1v) is 12.4. The average molecular weight is 474 g/mol. The van der Waals surface area contributed by atoms with Crippen LogP contribution in [0.4, 0.5) is 17.3 Å². The second kappa shape index (κ2) is 9.35. The molecular formula is C27H27N3O3S. The third-order valence-electron chi connectivity index (χ3n) is 6.20. The lowest BCUT2D eigenvalue weighted by Gasteiger charge is -2.26. The molecule has 0 aliphatic carbocycles. The molecule has 7 heteroatoms. The van der Waals surface area contributed by atoms with Crippen LogP contribution in [0.1, 0.15) is 29.6 Å². The number of hydrogen-bond donors (Lipinski definition) is 1. The number of amides is 1. The van der Waals surface area contributed by atoms with Crippen molar-refractivity contribution < 1.29 is 9.21 Å². The van der Waals surface area contributed by atoms with E-state index < -0.39 is 0 Å². The molecule has 174 valence electrons. The molecule has 1 N–H and O–H groups in total. The molecule has 1 amide bonds. The quantitative estimate of drug-likeness (QED) is 0.395. The monoisotopic (exact) mass is 473 g/mol. The lowest BCUT2D eigenvalue weighted by Crippen LogP contribution is -2.29. The SMILES string of the molecule is CN(C)c1ccc(C(=O)Nc2ccc(-c3csc4c(=O)cc(N5CCCCC5)oc34)cc2)cc1. The summed E-state index contributed by atoms with van der Waals surface area (Å²) in [6.45, 7) is 1.83. The number of rotatable bonds is 5. The predicted molar refractivity (Wildman–Crippen MR) is 141 cm³/mol. The van der Waals surface area contributed by atoms with Gasteiger partial charge in [0.15, 0.2) is 11.5 Å². The van der Waals surface area contributed by atoms with Gasteiger partial charge in [0, 0.05) is 61.1 Å². The number of hydrogen-bond acceptors (Lipinski definition) is 6. The molecule has 1 saturated heterocycles. The fourth-order valence-corrected chi connectivity index (χ4v) is 5.16. The molecule has 1 fully saturated rings. The molecule has 1 aliphatic rings. The Balaban J connectivity index is 1.37. The van der Waals surface area contributed by atoms with Crippen molar-refractivity contribution in [3.8, 4) is 11.1 Å². The van der Waals surface area contributed by atoms with Crippen molar-refractivity contribution in [2.75, 3.05) is 42.3 Å². The minimum Gasteiger partial charge on any atom is -0.439 e. The van der Waals surface area contributed by atoms with E-state index in [4.69, 9.17) is 4.42 Å². The van der Waals surface area contributed by atoms with E-state index in [1.54, 1.807) is 6.07 Å². The molecule has 34 heavy (non-hydrogen) atoms. The number of piperidine rings is 1. The second-order valence-electron chi connectivity index (χ2n) is 8.78. The first-order chi connectivity index (χ1) is 16.5. The van der Waals surface area contributed by atoms with Crippen molar-refractivity contribution in [1.82, 2.24) is 0 Å². The van der Waals surface area contributed by atoms with E-state index in [-0.39, 0.29) is 11.3 Å². The molecule has 0 radical (unpaired) electrons. The zero-order valence-electron chi connectivity index (χ0n) is 19.3. The number of anilines is 3. The van der Waals surface area contributed by atoms with Crippen LogP contribution in [0.3, 0.4) is 0 Å². The fraction of sp³-hybridized carbons (Fsp3) is 0.259. The second-order valence-corrected chi connectivity index (χ2v) is 9.66. The van der Waals surface area contributed by atoms with E-state index >= 15 is 0 Å². The maximum absolute atomic E-state index is 12.7. The van der Waals surface area contributed by atoms with Crippen LogP contribution in [0.2, 0.25) is 0 Å². The fourth-order valence-electron chi connectivity index (χ4n) is 4.25. The summed E-state index contributed by atoms with van der Waals surface area (Å²) in [5.41, 5.74) is 4.83. The van der Waals surface area contributed by atoms with E-state index in [0.29, 0.717) is 27.4 Å². The number of benzene rings is 2. The lowest BCUT2D eigenvalue weighted by molar-refractivity contribution is 0.102. The molecule has 1 aliphatic heterocycles. The number of fused-ring (bicyclic) bond motifs is 1.